The summed E-state index contributed by atoms with van der Waals surface area (Å²) in [5, 5.41) is 2.58. The zero-order valence-corrected chi connectivity index (χ0v) is 34.6. The number of thiophene rings is 1. The Morgan fingerprint density at radius 3 is 1.61 bits per heavy atom. The largest absolute Gasteiger partial charge is 0.228 e. The quantitative estimate of drug-likeness (QED) is 0.160. The Balaban J connectivity index is 1.09. The van der Waals surface area contributed by atoms with E-state index in [-0.39, 0.29) is 0 Å². The number of fused-ring (bicyclic) bond motifs is 6. The lowest BCUT2D eigenvalue weighted by molar-refractivity contribution is 0.768. The molecule has 2 nitrogen and oxygen atoms in total. The molecule has 290 valence electrons. The zero-order valence-electron chi connectivity index (χ0n) is 33.7. The molecule has 1 aliphatic carbocycles. The first-order valence-electron chi connectivity index (χ1n) is 21.1. The van der Waals surface area contributed by atoms with Crippen LogP contribution in [0.2, 0.25) is 0 Å². The molecule has 62 heavy (non-hydrogen) atoms. The Kier molecular flexibility index (Phi) is 8.62. The van der Waals surface area contributed by atoms with Crippen LogP contribution in [0.25, 0.3) is 87.5 Å². The molecule has 9 aromatic carbocycles. The molecule has 12 rings (SSSR count). The molecule has 0 N–H and O–H groups in total. The second kappa shape index (κ2) is 14.8. The molecule has 0 bridgehead atoms. The minimum atomic E-state index is -0.522. The third-order valence-corrected chi connectivity index (χ3v) is 13.8. The molecule has 3 heteroatoms. The van der Waals surface area contributed by atoms with Crippen LogP contribution >= 0.6 is 11.3 Å². The summed E-state index contributed by atoms with van der Waals surface area (Å²) in [6.07, 6.45) is 0. The molecule has 0 atom stereocenters. The summed E-state index contributed by atoms with van der Waals surface area (Å²) >= 11 is 1.85. The topological polar surface area (TPSA) is 25.8 Å². The van der Waals surface area contributed by atoms with Gasteiger partial charge in [-0.1, -0.05) is 194 Å². The van der Waals surface area contributed by atoms with Crippen LogP contribution in [0.15, 0.2) is 231 Å². The van der Waals surface area contributed by atoms with E-state index in [0.717, 1.165) is 44.8 Å². The van der Waals surface area contributed by atoms with Crippen molar-refractivity contribution >= 4 is 31.5 Å². The SMILES string of the molecule is c1ccc(-c2nc(-c3ccc4c(c3)C(c3ccccc3)(c3ccccc3)c3ccccc3-4)cc(-c3cc(-c4ccc5sc6ccccc6c5c4)ccc3-c3ccccc3)n2)cc1. The lowest BCUT2D eigenvalue weighted by atomic mass is 9.67. The van der Waals surface area contributed by atoms with E-state index in [4.69, 9.17) is 9.97 Å². The van der Waals surface area contributed by atoms with Crippen molar-refractivity contribution in [2.75, 3.05) is 0 Å². The van der Waals surface area contributed by atoms with Crippen LogP contribution in [0.4, 0.5) is 0 Å². The monoisotopic (exact) mass is 806 g/mol. The fourth-order valence-electron chi connectivity index (χ4n) is 9.76. The van der Waals surface area contributed by atoms with Crippen molar-refractivity contribution in [3.8, 4) is 67.3 Å². The van der Waals surface area contributed by atoms with Crippen LogP contribution < -0.4 is 0 Å². The predicted molar refractivity (Wildman–Crippen MR) is 259 cm³/mol. The maximum atomic E-state index is 5.42. The molecule has 0 fully saturated rings. The summed E-state index contributed by atoms with van der Waals surface area (Å²) in [5.74, 6) is 0.690. The molecule has 2 aromatic heterocycles. The summed E-state index contributed by atoms with van der Waals surface area (Å²) in [7, 11) is 0. The van der Waals surface area contributed by atoms with E-state index in [1.165, 1.54) is 59.1 Å². The number of benzene rings is 9. The zero-order chi connectivity index (χ0) is 41.0. The van der Waals surface area contributed by atoms with E-state index >= 15 is 0 Å². The molecule has 0 radical (unpaired) electrons. The van der Waals surface area contributed by atoms with Gasteiger partial charge >= 0.3 is 0 Å². The first-order chi connectivity index (χ1) is 30.7. The van der Waals surface area contributed by atoms with Gasteiger partial charge in [-0.05, 0) is 92.0 Å². The molecule has 0 unspecified atom stereocenters. The summed E-state index contributed by atoms with van der Waals surface area (Å²) < 4.78 is 2.60. The highest BCUT2D eigenvalue weighted by molar-refractivity contribution is 7.25. The van der Waals surface area contributed by atoms with Gasteiger partial charge in [-0.2, -0.15) is 0 Å². The number of hydrogen-bond donors (Lipinski definition) is 0. The van der Waals surface area contributed by atoms with Crippen molar-refractivity contribution in [2.24, 2.45) is 0 Å². The van der Waals surface area contributed by atoms with Gasteiger partial charge in [0, 0.05) is 36.9 Å². The third kappa shape index (κ3) is 5.85. The summed E-state index contributed by atoms with van der Waals surface area (Å²) in [5.41, 5.74) is 16.4. The van der Waals surface area contributed by atoms with Gasteiger partial charge < -0.3 is 0 Å². The third-order valence-electron chi connectivity index (χ3n) is 12.6. The molecule has 0 saturated carbocycles. The van der Waals surface area contributed by atoms with Gasteiger partial charge in [0.15, 0.2) is 5.82 Å². The highest BCUT2D eigenvalue weighted by Gasteiger charge is 2.46. The lowest BCUT2D eigenvalue weighted by Crippen LogP contribution is -2.28. The maximum absolute atomic E-state index is 5.42. The Labute approximate surface area is 365 Å². The van der Waals surface area contributed by atoms with Crippen molar-refractivity contribution in [2.45, 2.75) is 5.41 Å². The molecule has 0 amide bonds. The van der Waals surface area contributed by atoms with E-state index in [9.17, 15) is 0 Å². The van der Waals surface area contributed by atoms with Crippen molar-refractivity contribution in [1.82, 2.24) is 9.97 Å². The van der Waals surface area contributed by atoms with Crippen LogP contribution in [-0.2, 0) is 5.41 Å². The van der Waals surface area contributed by atoms with E-state index in [1.54, 1.807) is 0 Å². The van der Waals surface area contributed by atoms with Crippen LogP contribution in [0.1, 0.15) is 22.3 Å². The standard InChI is InChI=1S/C59H38N2S/c1-5-17-39(18-6-1)46-32-29-41(42-31-34-57-51(36-42)49-26-14-16-28-56(49)62-57)35-50(46)55-38-54(60-58(61-55)40-19-7-2-8-20-40)43-30-33-48-47-25-13-15-27-52(47)59(53(48)37-43,44-21-9-3-10-22-44)45-23-11-4-12-24-45/h1-38H. The minimum Gasteiger partial charge on any atom is -0.228 e. The van der Waals surface area contributed by atoms with Gasteiger partial charge in [0.25, 0.3) is 0 Å². The van der Waals surface area contributed by atoms with Gasteiger partial charge in [-0.3, -0.25) is 0 Å². The normalized spacial score (nSPS) is 12.6. The average Bonchev–Trinajstić information content (AvgIpc) is 3.88. The second-order valence-electron chi connectivity index (χ2n) is 16.1. The molecular weight excluding hydrogens is 769 g/mol. The van der Waals surface area contributed by atoms with E-state index in [0.29, 0.717) is 5.82 Å². The highest BCUT2D eigenvalue weighted by Crippen LogP contribution is 2.56. The van der Waals surface area contributed by atoms with Crippen molar-refractivity contribution < 1.29 is 0 Å². The van der Waals surface area contributed by atoms with Gasteiger partial charge in [0.2, 0.25) is 0 Å². The number of nitrogens with zero attached hydrogens (tertiary/aromatic N) is 2. The van der Waals surface area contributed by atoms with Crippen molar-refractivity contribution in [3.63, 3.8) is 0 Å². The van der Waals surface area contributed by atoms with Gasteiger partial charge in [0.1, 0.15) is 0 Å². The number of hydrogen-bond acceptors (Lipinski definition) is 3. The van der Waals surface area contributed by atoms with Crippen LogP contribution in [0.3, 0.4) is 0 Å². The lowest BCUT2D eigenvalue weighted by Gasteiger charge is -2.34. The first-order valence-corrected chi connectivity index (χ1v) is 22.0. The Morgan fingerprint density at radius 2 is 0.855 bits per heavy atom. The highest BCUT2D eigenvalue weighted by atomic mass is 32.1. The van der Waals surface area contributed by atoms with Gasteiger partial charge in [-0.15, -0.1) is 11.3 Å². The molecule has 0 aliphatic heterocycles. The van der Waals surface area contributed by atoms with Gasteiger partial charge in [-0.25, -0.2) is 9.97 Å². The maximum Gasteiger partial charge on any atom is 0.160 e. The summed E-state index contributed by atoms with van der Waals surface area (Å²) in [6.45, 7) is 0. The number of rotatable bonds is 7. The molecule has 11 aromatic rings. The summed E-state index contributed by atoms with van der Waals surface area (Å²) in [6, 6.07) is 83.5. The average molecular weight is 807 g/mol. The van der Waals surface area contributed by atoms with E-state index < -0.39 is 5.41 Å². The van der Waals surface area contributed by atoms with E-state index in [2.05, 4.69) is 224 Å². The Hall–Kier alpha value is -7.72. The molecule has 1 aliphatic rings. The fraction of sp³-hybridized carbons (Fsp3) is 0.0169. The Bertz CT molecular complexity index is 3410. The molecule has 0 saturated heterocycles. The van der Waals surface area contributed by atoms with E-state index in [1.807, 2.05) is 17.4 Å². The first kappa shape index (κ1) is 36.2. The fourth-order valence-corrected chi connectivity index (χ4v) is 10.9. The molecule has 2 heterocycles. The van der Waals surface area contributed by atoms with Crippen molar-refractivity contribution in [1.29, 1.82) is 0 Å². The van der Waals surface area contributed by atoms with Crippen LogP contribution in [0, 0.1) is 0 Å². The second-order valence-corrected chi connectivity index (χ2v) is 17.1. The van der Waals surface area contributed by atoms with Crippen molar-refractivity contribution in [3.05, 3.63) is 253 Å². The van der Waals surface area contributed by atoms with Crippen LogP contribution in [0.5, 0.6) is 0 Å². The predicted octanol–water partition coefficient (Wildman–Crippen LogP) is 15.5. The van der Waals surface area contributed by atoms with Crippen LogP contribution in [-0.4, -0.2) is 9.97 Å². The molecular formula is C59H38N2S. The molecule has 0 spiro atoms. The Morgan fingerprint density at radius 1 is 0.306 bits per heavy atom. The number of aromatic nitrogens is 2. The van der Waals surface area contributed by atoms with Gasteiger partial charge in [0.05, 0.1) is 16.8 Å². The minimum absolute atomic E-state index is 0.522. The summed E-state index contributed by atoms with van der Waals surface area (Å²) in [4.78, 5) is 10.8. The smallest absolute Gasteiger partial charge is 0.160 e.